The van der Waals surface area contributed by atoms with E-state index < -0.39 is 25.1 Å². The Kier molecular flexibility index (Phi) is 7.32. The summed E-state index contributed by atoms with van der Waals surface area (Å²) in [6.07, 6.45) is -17.1. The van der Waals surface area contributed by atoms with Crippen molar-refractivity contribution in [1.29, 1.82) is 0 Å². The highest BCUT2D eigenvalue weighted by molar-refractivity contribution is 8.76. The minimum Gasteiger partial charge on any atom is -0.452 e. The van der Waals surface area contributed by atoms with E-state index in [1.165, 1.54) is 45.9 Å². The lowest BCUT2D eigenvalue weighted by molar-refractivity contribution is -0.236. The van der Waals surface area contributed by atoms with Crippen LogP contribution in [0.2, 0.25) is 0 Å². The standard InChI is InChI=1S/C16H10F8O2S2/c17-13(15(19,20)21)25-9-1-5-11(6-2-9)27-28-12-7-3-10(4-8-12)26-14(18)16(22,23)24/h1-8,13-14H. The van der Waals surface area contributed by atoms with E-state index in [1.807, 2.05) is 0 Å². The fourth-order valence-corrected chi connectivity index (χ4v) is 3.55. The first-order chi connectivity index (χ1) is 12.9. The van der Waals surface area contributed by atoms with Crippen molar-refractivity contribution in [3.8, 4) is 11.5 Å². The Morgan fingerprint density at radius 2 is 0.857 bits per heavy atom. The second-order valence-electron chi connectivity index (χ2n) is 5.06. The summed E-state index contributed by atoms with van der Waals surface area (Å²) >= 11 is 0. The van der Waals surface area contributed by atoms with Gasteiger partial charge in [0.2, 0.25) is 0 Å². The number of hydrogen-bond donors (Lipinski definition) is 0. The molecule has 0 aliphatic rings. The van der Waals surface area contributed by atoms with Crippen molar-refractivity contribution in [3.05, 3.63) is 48.5 Å². The van der Waals surface area contributed by atoms with Gasteiger partial charge < -0.3 is 9.47 Å². The number of alkyl halides is 8. The molecule has 0 aliphatic heterocycles. The van der Waals surface area contributed by atoms with Gasteiger partial charge in [-0.25, -0.2) is 0 Å². The molecule has 12 heteroatoms. The van der Waals surface area contributed by atoms with Crippen LogP contribution in [0.25, 0.3) is 0 Å². The molecule has 0 aromatic heterocycles. The summed E-state index contributed by atoms with van der Waals surface area (Å²) in [5.41, 5.74) is 0. The Morgan fingerprint density at radius 3 is 1.11 bits per heavy atom. The van der Waals surface area contributed by atoms with E-state index in [1.54, 1.807) is 0 Å². The van der Waals surface area contributed by atoms with Gasteiger partial charge in [0.25, 0.3) is 0 Å². The van der Waals surface area contributed by atoms with Crippen LogP contribution in [0.15, 0.2) is 58.3 Å². The molecule has 28 heavy (non-hydrogen) atoms. The molecule has 2 rings (SSSR count). The van der Waals surface area contributed by atoms with Crippen LogP contribution in [0.5, 0.6) is 11.5 Å². The quantitative estimate of drug-likeness (QED) is 0.335. The molecule has 2 unspecified atom stereocenters. The average molecular weight is 450 g/mol. The first-order valence-corrected chi connectivity index (χ1v) is 9.39. The molecule has 0 saturated carbocycles. The second kappa shape index (κ2) is 9.12. The fraction of sp³-hybridized carbons (Fsp3) is 0.250. The first kappa shape index (κ1) is 22.5. The van der Waals surface area contributed by atoms with Crippen LogP contribution < -0.4 is 9.47 Å². The third kappa shape index (κ3) is 6.97. The van der Waals surface area contributed by atoms with E-state index in [0.717, 1.165) is 24.3 Å². The number of ether oxygens (including phenoxy) is 2. The molecular weight excluding hydrogens is 440 g/mol. The fourth-order valence-electron chi connectivity index (χ4n) is 1.62. The lowest BCUT2D eigenvalue weighted by atomic mass is 10.3. The molecule has 0 amide bonds. The highest BCUT2D eigenvalue weighted by Crippen LogP contribution is 2.39. The summed E-state index contributed by atoms with van der Waals surface area (Å²) in [7, 11) is 2.36. The van der Waals surface area contributed by atoms with Gasteiger partial charge in [-0.3, -0.25) is 0 Å². The number of halogens is 8. The molecule has 2 atom stereocenters. The van der Waals surface area contributed by atoms with Gasteiger partial charge in [-0.2, -0.15) is 35.1 Å². The van der Waals surface area contributed by atoms with Crippen LogP contribution in [-0.4, -0.2) is 25.1 Å². The third-order valence-corrected chi connectivity index (χ3v) is 5.29. The zero-order valence-corrected chi connectivity index (χ0v) is 15.1. The largest absolute Gasteiger partial charge is 0.457 e. The van der Waals surface area contributed by atoms with Gasteiger partial charge in [0.1, 0.15) is 11.5 Å². The minimum atomic E-state index is -5.12. The zero-order valence-electron chi connectivity index (χ0n) is 13.4. The van der Waals surface area contributed by atoms with Crippen LogP contribution >= 0.6 is 21.6 Å². The molecule has 0 bridgehead atoms. The average Bonchev–Trinajstić information content (AvgIpc) is 2.60. The summed E-state index contributed by atoms with van der Waals surface area (Å²) in [5, 5.41) is 0. The van der Waals surface area contributed by atoms with E-state index in [9.17, 15) is 35.1 Å². The molecule has 0 aliphatic carbocycles. The lowest BCUT2D eigenvalue weighted by Gasteiger charge is -2.14. The predicted molar refractivity (Wildman–Crippen MR) is 87.8 cm³/mol. The normalized spacial score (nSPS) is 14.4. The predicted octanol–water partition coefficient (Wildman–Crippen LogP) is 6.96. The molecule has 154 valence electrons. The minimum absolute atomic E-state index is 0.300. The van der Waals surface area contributed by atoms with Crippen molar-refractivity contribution >= 4 is 21.6 Å². The van der Waals surface area contributed by atoms with Gasteiger partial charge in [-0.15, -0.1) is 0 Å². The van der Waals surface area contributed by atoms with Crippen LogP contribution in [0.4, 0.5) is 35.1 Å². The lowest BCUT2D eigenvalue weighted by Crippen LogP contribution is -2.29. The van der Waals surface area contributed by atoms with Gasteiger partial charge in [0.05, 0.1) is 0 Å². The Labute approximate surface area is 161 Å². The summed E-state index contributed by atoms with van der Waals surface area (Å²) in [6, 6.07) is 10.3. The van der Waals surface area contributed by atoms with Crippen LogP contribution in [-0.2, 0) is 0 Å². The molecule has 0 fully saturated rings. The van der Waals surface area contributed by atoms with E-state index in [4.69, 9.17) is 0 Å². The van der Waals surface area contributed by atoms with Gasteiger partial charge >= 0.3 is 25.1 Å². The molecule has 2 aromatic carbocycles. The van der Waals surface area contributed by atoms with Gasteiger partial charge in [-0.1, -0.05) is 21.6 Å². The van der Waals surface area contributed by atoms with E-state index >= 15 is 0 Å². The molecule has 0 N–H and O–H groups in total. The van der Waals surface area contributed by atoms with Crippen molar-refractivity contribution in [2.45, 2.75) is 34.9 Å². The van der Waals surface area contributed by atoms with E-state index in [2.05, 4.69) is 9.47 Å². The van der Waals surface area contributed by atoms with Crippen molar-refractivity contribution < 1.29 is 44.6 Å². The highest BCUT2D eigenvalue weighted by Gasteiger charge is 2.43. The van der Waals surface area contributed by atoms with Crippen LogP contribution in [0.3, 0.4) is 0 Å². The molecule has 0 spiro atoms. The highest BCUT2D eigenvalue weighted by atomic mass is 33.1. The summed E-state index contributed by atoms with van der Waals surface area (Å²) < 4.78 is 106. The van der Waals surface area contributed by atoms with Crippen LogP contribution in [0, 0.1) is 0 Å². The molecule has 0 radical (unpaired) electrons. The second-order valence-corrected chi connectivity index (χ2v) is 7.34. The molecule has 0 saturated heterocycles. The first-order valence-electron chi connectivity index (χ1n) is 7.24. The SMILES string of the molecule is FC(Oc1ccc(SSc2ccc(OC(F)C(F)(F)F)cc2)cc1)C(F)(F)F. The van der Waals surface area contributed by atoms with Gasteiger partial charge in [-0.05, 0) is 48.5 Å². The summed E-state index contributed by atoms with van der Waals surface area (Å²) in [4.78, 5) is 1.20. The Morgan fingerprint density at radius 1 is 0.571 bits per heavy atom. The molecule has 2 nitrogen and oxygen atoms in total. The summed E-state index contributed by atoms with van der Waals surface area (Å²) in [5.74, 6) is -0.600. The van der Waals surface area contributed by atoms with Gasteiger partial charge in [0, 0.05) is 9.79 Å². The third-order valence-electron chi connectivity index (χ3n) is 2.88. The maximum Gasteiger partial charge on any atom is 0.457 e. The number of hydrogen-bond acceptors (Lipinski definition) is 4. The molecular formula is C16H10F8O2S2. The van der Waals surface area contributed by atoms with Crippen molar-refractivity contribution in [2.24, 2.45) is 0 Å². The Hall–Kier alpha value is -1.82. The van der Waals surface area contributed by atoms with Crippen molar-refractivity contribution in [2.75, 3.05) is 0 Å². The maximum absolute atomic E-state index is 12.8. The van der Waals surface area contributed by atoms with E-state index in [-0.39, 0.29) is 11.5 Å². The zero-order chi connectivity index (χ0) is 20.9. The monoisotopic (exact) mass is 450 g/mol. The van der Waals surface area contributed by atoms with E-state index in [0.29, 0.717) is 9.79 Å². The van der Waals surface area contributed by atoms with Crippen LogP contribution in [0.1, 0.15) is 0 Å². The number of benzene rings is 2. The number of rotatable bonds is 7. The van der Waals surface area contributed by atoms with Crippen molar-refractivity contribution in [1.82, 2.24) is 0 Å². The topological polar surface area (TPSA) is 18.5 Å². The Balaban J connectivity index is 1.87. The maximum atomic E-state index is 12.8. The molecule has 2 aromatic rings. The molecule has 0 heterocycles. The summed E-state index contributed by atoms with van der Waals surface area (Å²) in [6.45, 7) is 0. The van der Waals surface area contributed by atoms with Gasteiger partial charge in [0.15, 0.2) is 0 Å². The van der Waals surface area contributed by atoms with Crippen molar-refractivity contribution in [3.63, 3.8) is 0 Å². The Bertz CT molecular complexity index is 682. The smallest absolute Gasteiger partial charge is 0.452 e.